The van der Waals surface area contributed by atoms with Crippen LogP contribution in [0.25, 0.3) is 0 Å². The van der Waals surface area contributed by atoms with E-state index in [-0.39, 0.29) is 11.7 Å². The largest absolute Gasteiger partial charge is 0.388 e. The topological polar surface area (TPSA) is 92.0 Å². The molecular formula is C15H15FN6. The van der Waals surface area contributed by atoms with E-state index in [2.05, 4.69) is 21.4 Å². The smallest absolute Gasteiger partial charge is 0.176 e. The van der Waals surface area contributed by atoms with Crippen molar-refractivity contribution in [2.75, 3.05) is 12.4 Å². The van der Waals surface area contributed by atoms with E-state index in [1.165, 1.54) is 12.3 Å². The van der Waals surface area contributed by atoms with Gasteiger partial charge in [0.25, 0.3) is 0 Å². The number of benzene rings is 1. The molecule has 2 aromatic rings. The van der Waals surface area contributed by atoms with Gasteiger partial charge in [0, 0.05) is 18.3 Å². The number of fused-ring (bicyclic) bond motifs is 1. The van der Waals surface area contributed by atoms with Gasteiger partial charge < -0.3 is 15.6 Å². The molecule has 0 amide bonds. The minimum Gasteiger partial charge on any atom is -0.388 e. The summed E-state index contributed by atoms with van der Waals surface area (Å²) in [5.41, 5.74) is 6.65. The molecule has 112 valence electrons. The highest BCUT2D eigenvalue weighted by atomic mass is 19.1. The van der Waals surface area contributed by atoms with Crippen LogP contribution in [0.1, 0.15) is 24.0 Å². The summed E-state index contributed by atoms with van der Waals surface area (Å²) >= 11 is 0. The quantitative estimate of drug-likeness (QED) is 0.880. The molecule has 1 unspecified atom stereocenters. The number of hydrogen-bond acceptors (Lipinski definition) is 5. The second-order valence-corrected chi connectivity index (χ2v) is 5.38. The SMILES string of the molecule is CNc1ccc(F)c(C2(C)Cn3c(C#N)cnc3C(N)=N2)c1. The van der Waals surface area contributed by atoms with Crippen LogP contribution in [0.5, 0.6) is 0 Å². The predicted octanol–water partition coefficient (Wildman–Crippen LogP) is 1.57. The summed E-state index contributed by atoms with van der Waals surface area (Å²) in [5, 5.41) is 12.2. The predicted molar refractivity (Wildman–Crippen MR) is 81.0 cm³/mol. The maximum Gasteiger partial charge on any atom is 0.176 e. The molecular weight excluding hydrogens is 283 g/mol. The van der Waals surface area contributed by atoms with Gasteiger partial charge in [-0.2, -0.15) is 5.26 Å². The molecule has 1 aromatic carbocycles. The highest BCUT2D eigenvalue weighted by molar-refractivity contribution is 5.95. The van der Waals surface area contributed by atoms with Crippen LogP contribution in [0.3, 0.4) is 0 Å². The lowest BCUT2D eigenvalue weighted by Crippen LogP contribution is -2.38. The number of rotatable bonds is 2. The summed E-state index contributed by atoms with van der Waals surface area (Å²) in [7, 11) is 1.76. The number of halogens is 1. The molecule has 0 spiro atoms. The summed E-state index contributed by atoms with van der Waals surface area (Å²) in [6.45, 7) is 2.10. The van der Waals surface area contributed by atoms with Crippen LogP contribution in [0, 0.1) is 17.1 Å². The zero-order chi connectivity index (χ0) is 15.9. The average molecular weight is 298 g/mol. The molecule has 0 saturated carbocycles. The van der Waals surface area contributed by atoms with Crippen LogP contribution in [0.2, 0.25) is 0 Å². The van der Waals surface area contributed by atoms with Crippen LogP contribution >= 0.6 is 0 Å². The Morgan fingerprint density at radius 3 is 2.95 bits per heavy atom. The molecule has 0 saturated heterocycles. The van der Waals surface area contributed by atoms with Gasteiger partial charge in [-0.1, -0.05) is 0 Å². The molecule has 1 atom stereocenters. The van der Waals surface area contributed by atoms with E-state index in [1.807, 2.05) is 0 Å². The van der Waals surface area contributed by atoms with Crippen molar-refractivity contribution in [3.8, 4) is 6.07 Å². The highest BCUT2D eigenvalue weighted by Gasteiger charge is 2.36. The first-order valence-corrected chi connectivity index (χ1v) is 6.77. The number of nitrogens with one attached hydrogen (secondary N) is 1. The second-order valence-electron chi connectivity index (χ2n) is 5.38. The van der Waals surface area contributed by atoms with E-state index >= 15 is 0 Å². The van der Waals surface area contributed by atoms with Crippen molar-refractivity contribution >= 4 is 11.5 Å². The van der Waals surface area contributed by atoms with Crippen molar-refractivity contribution in [1.29, 1.82) is 5.26 Å². The summed E-state index contributed by atoms with van der Waals surface area (Å²) in [6, 6.07) is 6.82. The number of anilines is 1. The lowest BCUT2D eigenvalue weighted by atomic mass is 9.90. The maximum absolute atomic E-state index is 14.3. The lowest BCUT2D eigenvalue weighted by Gasteiger charge is -2.32. The van der Waals surface area contributed by atoms with E-state index in [4.69, 9.17) is 5.73 Å². The van der Waals surface area contributed by atoms with Crippen LogP contribution in [-0.2, 0) is 12.1 Å². The van der Waals surface area contributed by atoms with E-state index in [1.54, 1.807) is 30.7 Å². The third kappa shape index (κ3) is 2.00. The molecule has 1 aliphatic heterocycles. The molecule has 7 heteroatoms. The number of nitriles is 1. The summed E-state index contributed by atoms with van der Waals surface area (Å²) in [6.07, 6.45) is 1.45. The van der Waals surface area contributed by atoms with Gasteiger partial charge in [0.2, 0.25) is 0 Å². The van der Waals surface area contributed by atoms with Gasteiger partial charge >= 0.3 is 0 Å². The zero-order valence-corrected chi connectivity index (χ0v) is 12.3. The Balaban J connectivity index is 2.16. The molecule has 0 radical (unpaired) electrons. The van der Waals surface area contributed by atoms with E-state index in [9.17, 15) is 9.65 Å². The maximum atomic E-state index is 14.3. The monoisotopic (exact) mass is 298 g/mol. The fourth-order valence-corrected chi connectivity index (χ4v) is 2.73. The zero-order valence-electron chi connectivity index (χ0n) is 12.3. The minimum atomic E-state index is -0.902. The second kappa shape index (κ2) is 4.84. The Hall–Kier alpha value is -2.88. The molecule has 2 heterocycles. The van der Waals surface area contributed by atoms with E-state index < -0.39 is 5.54 Å². The van der Waals surface area contributed by atoms with E-state index in [0.29, 0.717) is 23.6 Å². The molecule has 3 N–H and O–H groups in total. The van der Waals surface area contributed by atoms with Crippen molar-refractivity contribution in [1.82, 2.24) is 9.55 Å². The fourth-order valence-electron chi connectivity index (χ4n) is 2.73. The Bertz CT molecular complexity index is 816. The van der Waals surface area contributed by atoms with Gasteiger partial charge in [0.05, 0.1) is 12.7 Å². The van der Waals surface area contributed by atoms with E-state index in [0.717, 1.165) is 5.69 Å². The number of hydrogen-bond donors (Lipinski definition) is 2. The normalized spacial score (nSPS) is 20.0. The molecule has 3 rings (SSSR count). The Morgan fingerprint density at radius 1 is 1.50 bits per heavy atom. The van der Waals surface area contributed by atoms with Crippen LogP contribution in [-0.4, -0.2) is 22.4 Å². The number of amidine groups is 1. The Morgan fingerprint density at radius 2 is 2.27 bits per heavy atom. The molecule has 1 aliphatic rings. The first-order chi connectivity index (χ1) is 10.5. The molecule has 6 nitrogen and oxygen atoms in total. The number of aromatic nitrogens is 2. The number of aliphatic imine (C=N–C) groups is 1. The lowest BCUT2D eigenvalue weighted by molar-refractivity contribution is 0.382. The Kier molecular flexibility index (Phi) is 3.10. The molecule has 22 heavy (non-hydrogen) atoms. The van der Waals surface area contributed by atoms with Gasteiger partial charge in [-0.05, 0) is 25.1 Å². The first kappa shape index (κ1) is 14.1. The molecule has 0 aliphatic carbocycles. The van der Waals surface area contributed by atoms with Crippen molar-refractivity contribution in [2.24, 2.45) is 10.7 Å². The summed E-state index contributed by atoms with van der Waals surface area (Å²) in [5.74, 6) is 0.281. The highest BCUT2D eigenvalue weighted by Crippen LogP contribution is 2.35. The fraction of sp³-hybridized carbons (Fsp3) is 0.267. The third-order valence-corrected chi connectivity index (χ3v) is 3.87. The van der Waals surface area contributed by atoms with Gasteiger partial charge in [-0.25, -0.2) is 9.37 Å². The summed E-state index contributed by atoms with van der Waals surface area (Å²) < 4.78 is 16.0. The van der Waals surface area contributed by atoms with Crippen molar-refractivity contribution in [3.05, 3.63) is 47.3 Å². The minimum absolute atomic E-state index is 0.199. The van der Waals surface area contributed by atoms with Crippen LogP contribution < -0.4 is 11.1 Å². The van der Waals surface area contributed by atoms with Gasteiger partial charge in [0.15, 0.2) is 11.7 Å². The average Bonchev–Trinajstić information content (AvgIpc) is 2.90. The first-order valence-electron chi connectivity index (χ1n) is 6.77. The van der Waals surface area contributed by atoms with Crippen molar-refractivity contribution in [2.45, 2.75) is 19.0 Å². The van der Waals surface area contributed by atoms with Crippen molar-refractivity contribution in [3.63, 3.8) is 0 Å². The summed E-state index contributed by atoms with van der Waals surface area (Å²) in [4.78, 5) is 8.55. The van der Waals surface area contributed by atoms with Crippen LogP contribution in [0.4, 0.5) is 10.1 Å². The van der Waals surface area contributed by atoms with Gasteiger partial charge in [0.1, 0.15) is 23.1 Å². The van der Waals surface area contributed by atoms with Crippen LogP contribution in [0.15, 0.2) is 29.4 Å². The van der Waals surface area contributed by atoms with Gasteiger partial charge in [-0.15, -0.1) is 0 Å². The molecule has 0 bridgehead atoms. The number of nitrogens with zero attached hydrogens (tertiary/aromatic N) is 4. The number of nitrogens with two attached hydrogens (primary N) is 1. The third-order valence-electron chi connectivity index (χ3n) is 3.87. The Labute approximate surface area is 127 Å². The van der Waals surface area contributed by atoms with Crippen molar-refractivity contribution < 1.29 is 4.39 Å². The van der Waals surface area contributed by atoms with Gasteiger partial charge in [-0.3, -0.25) is 4.99 Å². The molecule has 1 aromatic heterocycles. The molecule has 0 fully saturated rings. The standard InChI is InChI=1S/C15H15FN6/c1-15(11-5-9(19-2)3-4-12(11)16)8-22-10(6-17)7-20-14(22)13(18)21-15/h3-5,7,19H,8H2,1-2H3,(H2,18,21). The number of imidazole rings is 1.